The third-order valence-corrected chi connectivity index (χ3v) is 2.92. The summed E-state index contributed by atoms with van der Waals surface area (Å²) in [6.45, 7) is 0. The predicted molar refractivity (Wildman–Crippen MR) is 74.9 cm³/mol. The fraction of sp³-hybridized carbons (Fsp3) is 0. The lowest BCUT2D eigenvalue weighted by Crippen LogP contribution is -2.14. The molecule has 0 aliphatic heterocycles. The van der Waals surface area contributed by atoms with Gasteiger partial charge in [-0.3, -0.25) is 4.79 Å². The predicted octanol–water partition coefficient (Wildman–Crippen LogP) is 3.19. The summed E-state index contributed by atoms with van der Waals surface area (Å²) in [5.74, 6) is -1.14. The molecule has 0 fully saturated rings. The third-order valence-electron chi connectivity index (χ3n) is 2.61. The Balaban J connectivity index is 2.28. The lowest BCUT2D eigenvalue weighted by Gasteiger charge is -2.09. The number of nitrogens with one attached hydrogen (secondary N) is 1. The number of hydrogen-bond donors (Lipinski definition) is 2. The maximum absolute atomic E-state index is 13.1. The fourth-order valence-electron chi connectivity index (χ4n) is 1.60. The van der Waals surface area contributed by atoms with Crippen molar-refractivity contribution in [2.45, 2.75) is 0 Å². The van der Waals surface area contributed by atoms with Gasteiger partial charge in [-0.2, -0.15) is 5.26 Å². The van der Waals surface area contributed by atoms with E-state index >= 15 is 0 Å². The van der Waals surface area contributed by atoms with E-state index in [0.29, 0.717) is 11.3 Å². The maximum Gasteiger partial charge on any atom is 0.257 e. The van der Waals surface area contributed by atoms with Crippen molar-refractivity contribution in [2.75, 3.05) is 11.1 Å². The van der Waals surface area contributed by atoms with E-state index in [4.69, 9.17) is 22.6 Å². The SMILES string of the molecule is N#Cc1ccc(NC(=O)c2cc(F)ccc2N)c(Cl)c1. The summed E-state index contributed by atoms with van der Waals surface area (Å²) in [6, 6.07) is 9.88. The van der Waals surface area contributed by atoms with Gasteiger partial charge in [0.05, 0.1) is 27.9 Å². The second-order valence-corrected chi connectivity index (χ2v) is 4.40. The Morgan fingerprint density at radius 2 is 2.05 bits per heavy atom. The second kappa shape index (κ2) is 5.59. The zero-order valence-corrected chi connectivity index (χ0v) is 10.9. The number of halogens is 2. The fourth-order valence-corrected chi connectivity index (χ4v) is 1.83. The first kappa shape index (κ1) is 13.8. The lowest BCUT2D eigenvalue weighted by atomic mass is 10.1. The van der Waals surface area contributed by atoms with Crippen LogP contribution < -0.4 is 11.1 Å². The zero-order valence-electron chi connectivity index (χ0n) is 10.2. The molecular weight excluding hydrogens is 281 g/mol. The molecule has 2 aromatic rings. The quantitative estimate of drug-likeness (QED) is 0.833. The van der Waals surface area contributed by atoms with Gasteiger partial charge in [-0.15, -0.1) is 0 Å². The van der Waals surface area contributed by atoms with Crippen LogP contribution in [0.25, 0.3) is 0 Å². The van der Waals surface area contributed by atoms with Gasteiger partial charge in [0.15, 0.2) is 0 Å². The Kier molecular flexibility index (Phi) is 3.87. The lowest BCUT2D eigenvalue weighted by molar-refractivity contribution is 0.102. The summed E-state index contributed by atoms with van der Waals surface area (Å²) >= 11 is 5.94. The van der Waals surface area contributed by atoms with Crippen molar-refractivity contribution in [3.63, 3.8) is 0 Å². The molecule has 0 unspecified atom stereocenters. The van der Waals surface area contributed by atoms with Gasteiger partial charge in [0.25, 0.3) is 5.91 Å². The first-order valence-electron chi connectivity index (χ1n) is 5.57. The summed E-state index contributed by atoms with van der Waals surface area (Å²) in [7, 11) is 0. The molecule has 0 atom stereocenters. The highest BCUT2D eigenvalue weighted by Crippen LogP contribution is 2.24. The zero-order chi connectivity index (χ0) is 14.7. The summed E-state index contributed by atoms with van der Waals surface area (Å²) in [4.78, 5) is 12.0. The van der Waals surface area contributed by atoms with Crippen molar-refractivity contribution in [2.24, 2.45) is 0 Å². The van der Waals surface area contributed by atoms with Gasteiger partial charge in [-0.25, -0.2) is 4.39 Å². The normalized spacial score (nSPS) is 9.85. The van der Waals surface area contributed by atoms with Crippen LogP contribution in [0, 0.1) is 17.1 Å². The molecule has 0 spiro atoms. The molecule has 6 heteroatoms. The number of nitrogens with zero attached hydrogens (tertiary/aromatic N) is 1. The molecule has 2 aromatic carbocycles. The van der Waals surface area contributed by atoms with Crippen molar-refractivity contribution in [1.82, 2.24) is 0 Å². The monoisotopic (exact) mass is 289 g/mol. The molecule has 20 heavy (non-hydrogen) atoms. The van der Waals surface area contributed by atoms with Crippen LogP contribution in [0.15, 0.2) is 36.4 Å². The van der Waals surface area contributed by atoms with E-state index in [1.54, 1.807) is 0 Å². The van der Waals surface area contributed by atoms with Gasteiger partial charge >= 0.3 is 0 Å². The molecule has 0 bridgehead atoms. The first-order valence-corrected chi connectivity index (χ1v) is 5.95. The molecule has 0 heterocycles. The van der Waals surface area contributed by atoms with E-state index in [1.807, 2.05) is 6.07 Å². The molecule has 4 nitrogen and oxygen atoms in total. The topological polar surface area (TPSA) is 78.9 Å². The highest BCUT2D eigenvalue weighted by atomic mass is 35.5. The number of nitrogen functional groups attached to an aromatic ring is 1. The Morgan fingerprint density at radius 1 is 1.30 bits per heavy atom. The number of carbonyl (C=O) groups excluding carboxylic acids is 1. The minimum atomic E-state index is -0.575. The van der Waals surface area contributed by atoms with Crippen LogP contribution in [-0.4, -0.2) is 5.91 Å². The van der Waals surface area contributed by atoms with Crippen LogP contribution in [-0.2, 0) is 0 Å². The molecule has 0 radical (unpaired) electrons. The van der Waals surface area contributed by atoms with Crippen LogP contribution in [0.4, 0.5) is 15.8 Å². The molecule has 0 saturated heterocycles. The van der Waals surface area contributed by atoms with Gasteiger partial charge in [-0.05, 0) is 36.4 Å². The van der Waals surface area contributed by atoms with Gasteiger partial charge in [0.2, 0.25) is 0 Å². The molecule has 100 valence electrons. The van der Waals surface area contributed by atoms with Gasteiger partial charge < -0.3 is 11.1 Å². The first-order chi connectivity index (χ1) is 9.51. The standard InChI is InChI=1S/C14H9ClFN3O/c15-11-5-8(7-17)1-4-13(11)19-14(20)10-6-9(16)2-3-12(10)18/h1-6H,18H2,(H,19,20). The number of anilines is 2. The van der Waals surface area contributed by atoms with Crippen LogP contribution in [0.3, 0.4) is 0 Å². The van der Waals surface area contributed by atoms with Gasteiger partial charge in [0.1, 0.15) is 5.82 Å². The Bertz CT molecular complexity index is 725. The summed E-state index contributed by atoms with van der Waals surface area (Å²) in [5, 5.41) is 11.5. The number of nitrogens with two attached hydrogens (primary N) is 1. The van der Waals surface area contributed by atoms with E-state index in [2.05, 4.69) is 5.32 Å². The van der Waals surface area contributed by atoms with Crippen molar-refractivity contribution < 1.29 is 9.18 Å². The molecule has 0 aromatic heterocycles. The van der Waals surface area contributed by atoms with Crippen molar-refractivity contribution in [3.05, 3.63) is 58.4 Å². The van der Waals surface area contributed by atoms with Gasteiger partial charge in [-0.1, -0.05) is 11.6 Å². The molecule has 1 amide bonds. The molecular formula is C14H9ClFN3O. The van der Waals surface area contributed by atoms with Crippen LogP contribution in [0.5, 0.6) is 0 Å². The van der Waals surface area contributed by atoms with Gasteiger partial charge in [0, 0.05) is 5.69 Å². The minimum Gasteiger partial charge on any atom is -0.398 e. The minimum absolute atomic E-state index is 0.0189. The van der Waals surface area contributed by atoms with Crippen molar-refractivity contribution in [1.29, 1.82) is 5.26 Å². The van der Waals surface area contributed by atoms with Crippen LogP contribution in [0.1, 0.15) is 15.9 Å². The number of rotatable bonds is 2. The number of carbonyl (C=O) groups is 1. The summed E-state index contributed by atoms with van der Waals surface area (Å²) < 4.78 is 13.1. The average Bonchev–Trinajstić information content (AvgIpc) is 2.43. The van der Waals surface area contributed by atoms with E-state index in [9.17, 15) is 9.18 Å². The van der Waals surface area contributed by atoms with Crippen molar-refractivity contribution in [3.8, 4) is 6.07 Å². The highest BCUT2D eigenvalue weighted by molar-refractivity contribution is 6.34. The molecule has 3 N–H and O–H groups in total. The number of amides is 1. The Morgan fingerprint density at radius 3 is 2.70 bits per heavy atom. The van der Waals surface area contributed by atoms with E-state index in [0.717, 1.165) is 6.07 Å². The summed E-state index contributed by atoms with van der Waals surface area (Å²) in [6.07, 6.45) is 0. The van der Waals surface area contributed by atoms with Crippen LogP contribution >= 0.6 is 11.6 Å². The number of hydrogen-bond acceptors (Lipinski definition) is 3. The molecule has 2 rings (SSSR count). The smallest absolute Gasteiger partial charge is 0.257 e. The van der Waals surface area contributed by atoms with E-state index in [-0.39, 0.29) is 16.3 Å². The van der Waals surface area contributed by atoms with E-state index in [1.165, 1.54) is 30.3 Å². The Hall–Kier alpha value is -2.58. The van der Waals surface area contributed by atoms with E-state index < -0.39 is 11.7 Å². The van der Waals surface area contributed by atoms with Crippen molar-refractivity contribution >= 4 is 28.9 Å². The summed E-state index contributed by atoms with van der Waals surface area (Å²) in [5.41, 5.74) is 6.50. The largest absolute Gasteiger partial charge is 0.398 e. The molecule has 0 aliphatic rings. The number of nitriles is 1. The number of benzene rings is 2. The Labute approximate surface area is 119 Å². The molecule has 0 saturated carbocycles. The van der Waals surface area contributed by atoms with Crippen LogP contribution in [0.2, 0.25) is 5.02 Å². The maximum atomic E-state index is 13.1. The second-order valence-electron chi connectivity index (χ2n) is 3.99. The molecule has 0 aliphatic carbocycles. The third kappa shape index (κ3) is 2.87. The highest BCUT2D eigenvalue weighted by Gasteiger charge is 2.13. The average molecular weight is 290 g/mol.